The molecule has 3 rings (SSSR count). The van der Waals surface area contributed by atoms with Crippen LogP contribution in [0.4, 0.5) is 0 Å². The molecule has 23 heavy (non-hydrogen) atoms. The van der Waals surface area contributed by atoms with Crippen molar-refractivity contribution in [1.29, 1.82) is 0 Å². The van der Waals surface area contributed by atoms with Crippen LogP contribution in [0.1, 0.15) is 12.8 Å². The van der Waals surface area contributed by atoms with E-state index in [-0.39, 0.29) is 28.9 Å². The summed E-state index contributed by atoms with van der Waals surface area (Å²) >= 11 is 0. The molecular formula is C14H20ClN3O4S. The van der Waals surface area contributed by atoms with Crippen LogP contribution in [-0.2, 0) is 17.1 Å². The zero-order valence-corrected chi connectivity index (χ0v) is 14.6. The van der Waals surface area contributed by atoms with E-state index in [4.69, 9.17) is 10.2 Å². The number of aromatic nitrogens is 1. The Kier molecular flexibility index (Phi) is 4.91. The first-order valence-electron chi connectivity index (χ1n) is 7.14. The lowest BCUT2D eigenvalue weighted by Gasteiger charge is -2.26. The maximum absolute atomic E-state index is 12.7. The summed E-state index contributed by atoms with van der Waals surface area (Å²) in [6.45, 7) is 0.295. The van der Waals surface area contributed by atoms with Crippen molar-refractivity contribution < 1.29 is 12.8 Å². The van der Waals surface area contributed by atoms with Crippen molar-refractivity contribution in [3.8, 4) is 0 Å². The molecule has 1 unspecified atom stereocenters. The Hall–Kier alpha value is -1.35. The molecule has 128 valence electrons. The van der Waals surface area contributed by atoms with E-state index in [1.54, 1.807) is 20.2 Å². The minimum absolute atomic E-state index is 0. The Morgan fingerprint density at radius 3 is 2.65 bits per heavy atom. The number of benzene rings is 1. The number of halogens is 1. The van der Waals surface area contributed by atoms with Gasteiger partial charge in [0.05, 0.1) is 10.4 Å². The summed E-state index contributed by atoms with van der Waals surface area (Å²) in [6.07, 6.45) is 2.02. The average Bonchev–Trinajstić information content (AvgIpc) is 3.27. The second kappa shape index (κ2) is 6.27. The van der Waals surface area contributed by atoms with Gasteiger partial charge in [-0.15, -0.1) is 12.4 Å². The Morgan fingerprint density at radius 1 is 1.43 bits per heavy atom. The van der Waals surface area contributed by atoms with Crippen LogP contribution in [0.25, 0.3) is 11.1 Å². The van der Waals surface area contributed by atoms with E-state index in [2.05, 4.69) is 0 Å². The number of sulfonamides is 1. The Labute approximate surface area is 140 Å². The molecule has 1 heterocycles. The molecular weight excluding hydrogens is 342 g/mol. The van der Waals surface area contributed by atoms with Crippen LogP contribution < -0.4 is 11.5 Å². The number of nitrogens with two attached hydrogens (primary N) is 1. The second-order valence-corrected chi connectivity index (χ2v) is 7.72. The summed E-state index contributed by atoms with van der Waals surface area (Å²) in [4.78, 5) is 11.6. The molecule has 0 aliphatic heterocycles. The first-order valence-corrected chi connectivity index (χ1v) is 8.58. The molecule has 0 spiro atoms. The lowest BCUT2D eigenvalue weighted by molar-refractivity contribution is 0.340. The van der Waals surface area contributed by atoms with E-state index >= 15 is 0 Å². The first kappa shape index (κ1) is 18.0. The molecule has 1 atom stereocenters. The van der Waals surface area contributed by atoms with Gasteiger partial charge in [-0.25, -0.2) is 13.2 Å². The lowest BCUT2D eigenvalue weighted by Crippen LogP contribution is -2.43. The Morgan fingerprint density at radius 2 is 2.09 bits per heavy atom. The van der Waals surface area contributed by atoms with Crippen LogP contribution in [0, 0.1) is 5.92 Å². The minimum atomic E-state index is -3.67. The number of oxazole rings is 1. The molecule has 2 aromatic rings. The highest BCUT2D eigenvalue weighted by molar-refractivity contribution is 7.89. The molecule has 1 aliphatic rings. The summed E-state index contributed by atoms with van der Waals surface area (Å²) < 4.78 is 33.2. The molecule has 0 saturated heterocycles. The molecule has 1 aromatic heterocycles. The number of hydrogen-bond donors (Lipinski definition) is 1. The van der Waals surface area contributed by atoms with E-state index < -0.39 is 15.8 Å². The fourth-order valence-corrected chi connectivity index (χ4v) is 4.18. The number of hydrogen-bond acceptors (Lipinski definition) is 5. The summed E-state index contributed by atoms with van der Waals surface area (Å²) in [5.41, 5.74) is 6.56. The van der Waals surface area contributed by atoms with Gasteiger partial charge in [0, 0.05) is 32.7 Å². The van der Waals surface area contributed by atoms with Crippen molar-refractivity contribution in [2.24, 2.45) is 18.7 Å². The van der Waals surface area contributed by atoms with Gasteiger partial charge in [0.2, 0.25) is 10.0 Å². The number of likely N-dealkylation sites (N-methyl/N-ethyl adjacent to an activating group) is 1. The van der Waals surface area contributed by atoms with Crippen LogP contribution in [0.3, 0.4) is 0 Å². The molecule has 2 N–H and O–H groups in total. The van der Waals surface area contributed by atoms with Crippen LogP contribution >= 0.6 is 12.4 Å². The van der Waals surface area contributed by atoms with Crippen LogP contribution in [-0.4, -0.2) is 36.9 Å². The third-order valence-corrected chi connectivity index (χ3v) is 6.19. The van der Waals surface area contributed by atoms with Crippen molar-refractivity contribution >= 4 is 33.5 Å². The smallest absolute Gasteiger partial charge is 0.408 e. The van der Waals surface area contributed by atoms with Gasteiger partial charge in [-0.3, -0.25) is 4.57 Å². The fourth-order valence-electron chi connectivity index (χ4n) is 2.74. The molecule has 7 nitrogen and oxygen atoms in total. The maximum Gasteiger partial charge on any atom is 0.419 e. The Balaban J connectivity index is 0.00000192. The number of fused-ring (bicyclic) bond motifs is 1. The highest BCUT2D eigenvalue weighted by Gasteiger charge is 2.38. The summed E-state index contributed by atoms with van der Waals surface area (Å²) in [5, 5.41) is 0. The van der Waals surface area contributed by atoms with Gasteiger partial charge in [-0.05, 0) is 30.9 Å². The van der Waals surface area contributed by atoms with E-state index in [1.165, 1.54) is 21.0 Å². The van der Waals surface area contributed by atoms with Crippen LogP contribution in [0.2, 0.25) is 0 Å². The zero-order valence-electron chi connectivity index (χ0n) is 12.9. The minimum Gasteiger partial charge on any atom is -0.408 e. The fraction of sp³-hybridized carbons (Fsp3) is 0.500. The van der Waals surface area contributed by atoms with E-state index in [0.717, 1.165) is 12.8 Å². The molecule has 9 heteroatoms. The molecule has 1 saturated carbocycles. The predicted molar refractivity (Wildman–Crippen MR) is 89.2 cm³/mol. The van der Waals surface area contributed by atoms with Crippen molar-refractivity contribution in [2.45, 2.75) is 23.8 Å². The molecule has 0 bridgehead atoms. The summed E-state index contributed by atoms with van der Waals surface area (Å²) in [5.74, 6) is -0.182. The van der Waals surface area contributed by atoms with Crippen LogP contribution in [0.15, 0.2) is 32.3 Å². The first-order chi connectivity index (χ1) is 10.4. The third kappa shape index (κ3) is 3.03. The third-order valence-electron chi connectivity index (χ3n) is 4.32. The molecule has 1 aliphatic carbocycles. The number of aryl methyl sites for hydroxylation is 1. The van der Waals surface area contributed by atoms with Gasteiger partial charge in [0.1, 0.15) is 0 Å². The zero-order chi connectivity index (χ0) is 16.1. The highest BCUT2D eigenvalue weighted by atomic mass is 35.5. The molecule has 0 amide bonds. The number of rotatable bonds is 5. The second-order valence-electron chi connectivity index (χ2n) is 5.72. The monoisotopic (exact) mass is 361 g/mol. The van der Waals surface area contributed by atoms with Gasteiger partial charge >= 0.3 is 5.76 Å². The van der Waals surface area contributed by atoms with Gasteiger partial charge < -0.3 is 10.2 Å². The standard InChI is InChI=1S/C14H19N3O4S.ClH/c1-16-11-6-5-10(7-13(11)21-14(16)18)22(19,20)17(2)12(8-15)9-3-4-9;/h5-7,9,12H,3-4,8,15H2,1-2H3;1H. The average molecular weight is 362 g/mol. The predicted octanol–water partition coefficient (Wildman–Crippen LogP) is 0.911. The highest BCUT2D eigenvalue weighted by Crippen LogP contribution is 2.36. The summed E-state index contributed by atoms with van der Waals surface area (Å²) in [7, 11) is -0.541. The van der Waals surface area contributed by atoms with Crippen LogP contribution in [0.5, 0.6) is 0 Å². The van der Waals surface area contributed by atoms with Crippen molar-refractivity contribution in [3.63, 3.8) is 0 Å². The van der Waals surface area contributed by atoms with Crippen molar-refractivity contribution in [3.05, 3.63) is 28.7 Å². The summed E-state index contributed by atoms with van der Waals surface area (Å²) in [6, 6.07) is 4.27. The van der Waals surface area contributed by atoms with E-state index in [9.17, 15) is 13.2 Å². The topological polar surface area (TPSA) is 98.5 Å². The number of nitrogens with zero attached hydrogens (tertiary/aromatic N) is 2. The Bertz CT molecular complexity index is 870. The van der Waals surface area contributed by atoms with Gasteiger partial charge in [0.25, 0.3) is 0 Å². The molecule has 0 radical (unpaired) electrons. The normalized spacial score (nSPS) is 16.5. The molecule has 1 fully saturated rings. The quantitative estimate of drug-likeness (QED) is 0.853. The van der Waals surface area contributed by atoms with Gasteiger partial charge in [0.15, 0.2) is 5.58 Å². The SMILES string of the molecule is CN(C(CN)C1CC1)S(=O)(=O)c1ccc2c(c1)oc(=O)n2C.Cl. The van der Waals surface area contributed by atoms with Crippen molar-refractivity contribution in [2.75, 3.05) is 13.6 Å². The maximum atomic E-state index is 12.7. The van der Waals surface area contributed by atoms with Gasteiger partial charge in [-0.2, -0.15) is 4.31 Å². The largest absolute Gasteiger partial charge is 0.419 e. The van der Waals surface area contributed by atoms with Gasteiger partial charge in [-0.1, -0.05) is 0 Å². The van der Waals surface area contributed by atoms with E-state index in [1.807, 2.05) is 0 Å². The molecule has 1 aromatic carbocycles. The van der Waals surface area contributed by atoms with E-state index in [0.29, 0.717) is 18.0 Å². The lowest BCUT2D eigenvalue weighted by atomic mass is 10.2. The van der Waals surface area contributed by atoms with Crippen molar-refractivity contribution in [1.82, 2.24) is 8.87 Å².